The molecule has 0 aliphatic heterocycles. The largest absolute Gasteiger partial charge is 0.497 e. The molecule has 5 heteroatoms. The Morgan fingerprint density at radius 2 is 1.75 bits per heavy atom. The molecule has 0 aliphatic rings. The van der Waals surface area contributed by atoms with Gasteiger partial charge in [-0.2, -0.15) is 0 Å². The highest BCUT2D eigenvalue weighted by atomic mass is 79.9. The number of hydrogen-bond donors (Lipinski definition) is 1. The number of methoxy groups -OCH3 is 1. The molecule has 0 saturated heterocycles. The van der Waals surface area contributed by atoms with E-state index in [2.05, 4.69) is 33.4 Å². The smallest absolute Gasteiger partial charge is 0.118 e. The van der Waals surface area contributed by atoms with E-state index in [1.54, 1.807) is 7.11 Å². The van der Waals surface area contributed by atoms with Crippen LogP contribution in [-0.2, 0) is 6.42 Å². The van der Waals surface area contributed by atoms with Crippen LogP contribution in [-0.4, -0.2) is 13.7 Å². The van der Waals surface area contributed by atoms with Crippen molar-refractivity contribution in [1.82, 2.24) is 0 Å². The first-order valence-electron chi connectivity index (χ1n) is 6.12. The number of nitrogens with one attached hydrogen (secondary N) is 1. The molecule has 1 N–H and O–H groups in total. The van der Waals surface area contributed by atoms with Gasteiger partial charge >= 0.3 is 0 Å². The number of halogens is 3. The second kappa shape index (κ2) is 7.21. The van der Waals surface area contributed by atoms with Crippen molar-refractivity contribution in [3.8, 4) is 5.75 Å². The first-order valence-corrected chi connectivity index (χ1v) is 7.67. The third-order valence-corrected chi connectivity index (χ3v) is 4.69. The minimum absolute atomic E-state index is 0.529. The van der Waals surface area contributed by atoms with Gasteiger partial charge in [-0.25, -0.2) is 0 Å². The Kier molecular flexibility index (Phi) is 5.58. The second-order valence-corrected chi connectivity index (χ2v) is 5.86. The van der Waals surface area contributed by atoms with E-state index >= 15 is 0 Å². The van der Waals surface area contributed by atoms with Crippen molar-refractivity contribution >= 4 is 44.8 Å². The fourth-order valence-corrected chi connectivity index (χ4v) is 2.64. The van der Waals surface area contributed by atoms with E-state index in [-0.39, 0.29) is 0 Å². The molecule has 0 bridgehead atoms. The number of hydrogen-bond acceptors (Lipinski definition) is 2. The Bertz CT molecular complexity index is 587. The van der Waals surface area contributed by atoms with Crippen LogP contribution in [0.2, 0.25) is 10.0 Å². The highest BCUT2D eigenvalue weighted by Crippen LogP contribution is 2.35. The summed E-state index contributed by atoms with van der Waals surface area (Å²) in [6, 6.07) is 11.8. The molecule has 0 saturated carbocycles. The highest BCUT2D eigenvalue weighted by molar-refractivity contribution is 9.10. The van der Waals surface area contributed by atoms with Crippen LogP contribution in [0.5, 0.6) is 5.75 Å². The maximum atomic E-state index is 6.18. The summed E-state index contributed by atoms with van der Waals surface area (Å²) in [7, 11) is 1.66. The third-order valence-electron chi connectivity index (χ3n) is 2.92. The summed E-state index contributed by atoms with van der Waals surface area (Å²) in [6.07, 6.45) is 0.897. The van der Waals surface area contributed by atoms with Gasteiger partial charge in [0.1, 0.15) is 5.75 Å². The number of ether oxygens (including phenoxy) is 1. The summed E-state index contributed by atoms with van der Waals surface area (Å²) >= 11 is 15.6. The lowest BCUT2D eigenvalue weighted by atomic mass is 10.1. The Hall–Kier alpha value is -0.900. The molecular formula is C15H14BrCl2NO. The van der Waals surface area contributed by atoms with Crippen molar-refractivity contribution in [3.63, 3.8) is 0 Å². The zero-order valence-corrected chi connectivity index (χ0v) is 14.0. The maximum absolute atomic E-state index is 6.18. The lowest BCUT2D eigenvalue weighted by Gasteiger charge is -2.10. The first-order chi connectivity index (χ1) is 9.61. The van der Waals surface area contributed by atoms with Crippen LogP contribution < -0.4 is 10.1 Å². The first kappa shape index (κ1) is 15.5. The fraction of sp³-hybridized carbons (Fsp3) is 0.200. The van der Waals surface area contributed by atoms with Gasteiger partial charge in [0.25, 0.3) is 0 Å². The van der Waals surface area contributed by atoms with Crippen LogP contribution in [0.3, 0.4) is 0 Å². The van der Waals surface area contributed by atoms with Crippen LogP contribution in [0.1, 0.15) is 5.56 Å². The quantitative estimate of drug-likeness (QED) is 0.705. The van der Waals surface area contributed by atoms with Crippen molar-refractivity contribution in [2.24, 2.45) is 0 Å². The van der Waals surface area contributed by atoms with Crippen LogP contribution in [0, 0.1) is 0 Å². The van der Waals surface area contributed by atoms with Gasteiger partial charge in [-0.3, -0.25) is 0 Å². The summed E-state index contributed by atoms with van der Waals surface area (Å²) in [5, 5.41) is 4.36. The van der Waals surface area contributed by atoms with E-state index < -0.39 is 0 Å². The normalized spacial score (nSPS) is 10.4. The zero-order valence-electron chi connectivity index (χ0n) is 10.9. The molecule has 0 fully saturated rings. The van der Waals surface area contributed by atoms with Gasteiger partial charge in [0.05, 0.1) is 22.8 Å². The number of rotatable bonds is 5. The minimum Gasteiger partial charge on any atom is -0.497 e. The standard InChI is InChI=1S/C15H14BrCl2NO/c1-20-11-4-2-10(3-5-11)8-9-19-13-7-6-12(16)14(17)15(13)18/h2-7,19H,8-9H2,1H3. The van der Waals surface area contributed by atoms with Crippen molar-refractivity contribution in [1.29, 1.82) is 0 Å². The van der Waals surface area contributed by atoms with E-state index in [9.17, 15) is 0 Å². The number of benzene rings is 2. The van der Waals surface area contributed by atoms with Crippen LogP contribution in [0.25, 0.3) is 0 Å². The van der Waals surface area contributed by atoms with Gasteiger partial charge in [-0.05, 0) is 52.2 Å². The molecule has 20 heavy (non-hydrogen) atoms. The predicted octanol–water partition coefficient (Wildman–Crippen LogP) is 5.42. The molecule has 0 radical (unpaired) electrons. The average Bonchev–Trinajstić information content (AvgIpc) is 2.48. The van der Waals surface area contributed by atoms with E-state index in [1.807, 2.05) is 24.3 Å². The van der Waals surface area contributed by atoms with Crippen molar-refractivity contribution in [2.75, 3.05) is 19.0 Å². The van der Waals surface area contributed by atoms with Crippen LogP contribution in [0.15, 0.2) is 40.9 Å². The second-order valence-electron chi connectivity index (χ2n) is 4.25. The molecule has 0 aliphatic carbocycles. The van der Waals surface area contributed by atoms with Gasteiger partial charge in [0, 0.05) is 11.0 Å². The van der Waals surface area contributed by atoms with Crippen LogP contribution >= 0.6 is 39.1 Å². The summed E-state index contributed by atoms with van der Waals surface area (Å²) in [5.74, 6) is 0.865. The topological polar surface area (TPSA) is 21.3 Å². The van der Waals surface area contributed by atoms with E-state index in [1.165, 1.54) is 5.56 Å². The maximum Gasteiger partial charge on any atom is 0.118 e. The molecule has 0 unspecified atom stereocenters. The third kappa shape index (κ3) is 3.81. The summed E-state index contributed by atoms with van der Waals surface area (Å²) in [5.41, 5.74) is 2.08. The van der Waals surface area contributed by atoms with Gasteiger partial charge < -0.3 is 10.1 Å². The van der Waals surface area contributed by atoms with E-state index in [4.69, 9.17) is 27.9 Å². The number of anilines is 1. The SMILES string of the molecule is COc1ccc(CCNc2ccc(Br)c(Cl)c2Cl)cc1. The predicted molar refractivity (Wildman–Crippen MR) is 89.3 cm³/mol. The lowest BCUT2D eigenvalue weighted by molar-refractivity contribution is 0.414. The Morgan fingerprint density at radius 3 is 2.40 bits per heavy atom. The molecule has 0 spiro atoms. The van der Waals surface area contributed by atoms with Crippen molar-refractivity contribution in [2.45, 2.75) is 6.42 Å². The molecule has 0 heterocycles. The van der Waals surface area contributed by atoms with E-state index in [0.717, 1.165) is 28.9 Å². The highest BCUT2D eigenvalue weighted by Gasteiger charge is 2.07. The average molecular weight is 375 g/mol. The molecule has 2 aromatic carbocycles. The summed E-state index contributed by atoms with van der Waals surface area (Å²) in [4.78, 5) is 0. The summed E-state index contributed by atoms with van der Waals surface area (Å²) < 4.78 is 5.93. The summed E-state index contributed by atoms with van der Waals surface area (Å²) in [6.45, 7) is 0.782. The lowest BCUT2D eigenvalue weighted by Crippen LogP contribution is -2.05. The molecule has 106 valence electrons. The van der Waals surface area contributed by atoms with Gasteiger partial charge in [0.2, 0.25) is 0 Å². The van der Waals surface area contributed by atoms with Crippen LogP contribution in [0.4, 0.5) is 5.69 Å². The Labute approximate surface area is 137 Å². The van der Waals surface area contributed by atoms with Crippen molar-refractivity contribution < 1.29 is 4.74 Å². The molecule has 2 rings (SSSR count). The molecule has 2 nitrogen and oxygen atoms in total. The molecule has 0 amide bonds. The van der Waals surface area contributed by atoms with E-state index in [0.29, 0.717) is 10.0 Å². The fourth-order valence-electron chi connectivity index (χ4n) is 1.80. The Balaban J connectivity index is 1.94. The molecule has 2 aromatic rings. The molecule has 0 aromatic heterocycles. The van der Waals surface area contributed by atoms with Crippen molar-refractivity contribution in [3.05, 3.63) is 56.5 Å². The van der Waals surface area contributed by atoms with Gasteiger partial charge in [-0.1, -0.05) is 35.3 Å². The minimum atomic E-state index is 0.529. The Morgan fingerprint density at radius 1 is 1.05 bits per heavy atom. The van der Waals surface area contributed by atoms with Gasteiger partial charge in [-0.15, -0.1) is 0 Å². The van der Waals surface area contributed by atoms with Gasteiger partial charge in [0.15, 0.2) is 0 Å². The monoisotopic (exact) mass is 373 g/mol. The zero-order chi connectivity index (χ0) is 14.5. The molecular weight excluding hydrogens is 361 g/mol. The molecule has 0 atom stereocenters.